The van der Waals surface area contributed by atoms with E-state index >= 15 is 0 Å². The summed E-state index contributed by atoms with van der Waals surface area (Å²) in [5.74, 6) is -0.386. The smallest absolute Gasteiger partial charge is 0.247 e. The number of aryl methyl sites for hydroxylation is 1. The lowest BCUT2D eigenvalue weighted by atomic mass is 10.2. The Morgan fingerprint density at radius 1 is 1.04 bits per heavy atom. The molecule has 23 heavy (non-hydrogen) atoms. The first-order valence-electron chi connectivity index (χ1n) is 7.21. The highest BCUT2D eigenvalue weighted by molar-refractivity contribution is 7.92. The van der Waals surface area contributed by atoms with Crippen molar-refractivity contribution >= 4 is 27.3 Å². The first-order chi connectivity index (χ1) is 10.8. The van der Waals surface area contributed by atoms with E-state index in [1.54, 1.807) is 49.4 Å². The maximum Gasteiger partial charge on any atom is 0.247 e. The number of anilines is 2. The van der Waals surface area contributed by atoms with E-state index < -0.39 is 16.1 Å². The number of carbonyl (C=O) groups is 1. The van der Waals surface area contributed by atoms with Crippen LogP contribution in [0, 0.1) is 6.92 Å². The summed E-state index contributed by atoms with van der Waals surface area (Å²) in [6.07, 6.45) is 1.09. The summed E-state index contributed by atoms with van der Waals surface area (Å²) in [7, 11) is -3.59. The molecule has 1 unspecified atom stereocenters. The minimum Gasteiger partial charge on any atom is -0.324 e. The quantitative estimate of drug-likeness (QED) is 0.915. The fourth-order valence-electron chi connectivity index (χ4n) is 2.27. The van der Waals surface area contributed by atoms with Crippen molar-refractivity contribution in [2.75, 3.05) is 15.9 Å². The molecule has 2 aromatic carbocycles. The van der Waals surface area contributed by atoms with Gasteiger partial charge in [0.2, 0.25) is 15.9 Å². The molecule has 1 amide bonds. The number of benzene rings is 2. The molecular weight excluding hydrogens is 312 g/mol. The van der Waals surface area contributed by atoms with Crippen LogP contribution in [0.15, 0.2) is 54.6 Å². The number of hydrogen-bond acceptors (Lipinski definition) is 3. The minimum atomic E-state index is -3.59. The summed E-state index contributed by atoms with van der Waals surface area (Å²) in [4.78, 5) is 12.4. The average molecular weight is 332 g/mol. The standard InChI is InChI=1S/C17H20N2O3S/c1-13-9-11-15(12-10-13)18-17(20)14(2)19(23(3,21)22)16-7-5-4-6-8-16/h4-12,14H,1-3H3,(H,18,20). The molecule has 122 valence electrons. The molecule has 0 heterocycles. The monoisotopic (exact) mass is 332 g/mol. The zero-order valence-corrected chi connectivity index (χ0v) is 14.2. The van der Waals surface area contributed by atoms with Gasteiger partial charge in [-0.2, -0.15) is 0 Å². The Balaban J connectivity index is 2.25. The topological polar surface area (TPSA) is 66.5 Å². The van der Waals surface area contributed by atoms with Gasteiger partial charge in [0.25, 0.3) is 0 Å². The van der Waals surface area contributed by atoms with Gasteiger partial charge < -0.3 is 5.32 Å². The van der Waals surface area contributed by atoms with Crippen LogP contribution in [-0.4, -0.2) is 26.6 Å². The van der Waals surface area contributed by atoms with Crippen LogP contribution in [0.3, 0.4) is 0 Å². The average Bonchev–Trinajstić information content (AvgIpc) is 2.49. The van der Waals surface area contributed by atoms with Crippen LogP contribution < -0.4 is 9.62 Å². The summed E-state index contributed by atoms with van der Waals surface area (Å²) in [6.45, 7) is 3.52. The minimum absolute atomic E-state index is 0.386. The highest BCUT2D eigenvalue weighted by Gasteiger charge is 2.28. The van der Waals surface area contributed by atoms with Crippen molar-refractivity contribution in [2.24, 2.45) is 0 Å². The van der Waals surface area contributed by atoms with E-state index in [0.29, 0.717) is 11.4 Å². The first kappa shape index (κ1) is 17.0. The lowest BCUT2D eigenvalue weighted by Crippen LogP contribution is -2.45. The van der Waals surface area contributed by atoms with Crippen LogP contribution in [0.4, 0.5) is 11.4 Å². The van der Waals surface area contributed by atoms with E-state index in [1.165, 1.54) is 0 Å². The van der Waals surface area contributed by atoms with Crippen molar-refractivity contribution < 1.29 is 13.2 Å². The largest absolute Gasteiger partial charge is 0.324 e. The molecule has 0 bridgehead atoms. The highest BCUT2D eigenvalue weighted by atomic mass is 32.2. The summed E-state index contributed by atoms with van der Waals surface area (Å²) < 4.78 is 25.4. The van der Waals surface area contributed by atoms with Crippen molar-refractivity contribution in [2.45, 2.75) is 19.9 Å². The number of amides is 1. The molecular formula is C17H20N2O3S. The second-order valence-corrected chi connectivity index (χ2v) is 7.29. The lowest BCUT2D eigenvalue weighted by molar-refractivity contribution is -0.116. The van der Waals surface area contributed by atoms with Crippen molar-refractivity contribution in [3.63, 3.8) is 0 Å². The molecule has 0 aliphatic carbocycles. The third-order valence-corrected chi connectivity index (χ3v) is 4.66. The molecule has 0 fully saturated rings. The number of hydrogen-bond donors (Lipinski definition) is 1. The Morgan fingerprint density at radius 3 is 2.13 bits per heavy atom. The van der Waals surface area contributed by atoms with Crippen LogP contribution in [0.25, 0.3) is 0 Å². The Kier molecular flexibility index (Phi) is 5.05. The molecule has 2 aromatic rings. The van der Waals surface area contributed by atoms with Gasteiger partial charge in [-0.05, 0) is 38.1 Å². The van der Waals surface area contributed by atoms with E-state index in [4.69, 9.17) is 0 Å². The summed E-state index contributed by atoms with van der Waals surface area (Å²) >= 11 is 0. The van der Waals surface area contributed by atoms with Gasteiger partial charge in [0.05, 0.1) is 11.9 Å². The van der Waals surface area contributed by atoms with Crippen molar-refractivity contribution in [1.29, 1.82) is 0 Å². The summed E-state index contributed by atoms with van der Waals surface area (Å²) in [5, 5.41) is 2.75. The molecule has 0 saturated carbocycles. The number of para-hydroxylation sites is 1. The van der Waals surface area contributed by atoms with Gasteiger partial charge >= 0.3 is 0 Å². The number of nitrogens with zero attached hydrogens (tertiary/aromatic N) is 1. The molecule has 0 spiro atoms. The molecule has 0 saturated heterocycles. The predicted octanol–water partition coefficient (Wildman–Crippen LogP) is 2.79. The van der Waals surface area contributed by atoms with E-state index in [2.05, 4.69) is 5.32 Å². The second kappa shape index (κ2) is 6.83. The van der Waals surface area contributed by atoms with Crippen LogP contribution in [0.1, 0.15) is 12.5 Å². The Morgan fingerprint density at radius 2 is 1.61 bits per heavy atom. The molecule has 1 N–H and O–H groups in total. The Bertz CT molecular complexity index is 771. The van der Waals surface area contributed by atoms with E-state index in [9.17, 15) is 13.2 Å². The maximum absolute atomic E-state index is 12.4. The van der Waals surface area contributed by atoms with Crippen molar-refractivity contribution in [3.8, 4) is 0 Å². The molecule has 0 radical (unpaired) electrons. The van der Waals surface area contributed by atoms with Gasteiger partial charge in [-0.15, -0.1) is 0 Å². The normalized spacial score (nSPS) is 12.5. The third-order valence-electron chi connectivity index (χ3n) is 3.42. The van der Waals surface area contributed by atoms with E-state index in [0.717, 1.165) is 16.1 Å². The molecule has 2 rings (SSSR count). The fraction of sp³-hybridized carbons (Fsp3) is 0.235. The maximum atomic E-state index is 12.4. The van der Waals surface area contributed by atoms with Gasteiger partial charge in [-0.3, -0.25) is 9.10 Å². The number of nitrogens with one attached hydrogen (secondary N) is 1. The summed E-state index contributed by atoms with van der Waals surface area (Å²) in [6, 6.07) is 15.1. The molecule has 6 heteroatoms. The van der Waals surface area contributed by atoms with Crippen LogP contribution in [-0.2, 0) is 14.8 Å². The summed E-state index contributed by atoms with van der Waals surface area (Å²) in [5.41, 5.74) is 2.17. The number of sulfonamides is 1. The third kappa shape index (κ3) is 4.32. The van der Waals surface area contributed by atoms with Gasteiger partial charge in [0.1, 0.15) is 6.04 Å². The van der Waals surface area contributed by atoms with Crippen molar-refractivity contribution in [1.82, 2.24) is 0 Å². The van der Waals surface area contributed by atoms with Gasteiger partial charge in [-0.25, -0.2) is 8.42 Å². The van der Waals surface area contributed by atoms with Crippen LogP contribution >= 0.6 is 0 Å². The van der Waals surface area contributed by atoms with Crippen LogP contribution in [0.2, 0.25) is 0 Å². The zero-order chi connectivity index (χ0) is 17.0. The molecule has 0 aliphatic rings. The lowest BCUT2D eigenvalue weighted by Gasteiger charge is -2.28. The zero-order valence-electron chi connectivity index (χ0n) is 13.4. The van der Waals surface area contributed by atoms with E-state index in [-0.39, 0.29) is 5.91 Å². The molecule has 1 atom stereocenters. The van der Waals surface area contributed by atoms with Gasteiger partial charge in [0, 0.05) is 5.69 Å². The van der Waals surface area contributed by atoms with Crippen LogP contribution in [0.5, 0.6) is 0 Å². The van der Waals surface area contributed by atoms with E-state index in [1.807, 2.05) is 19.1 Å². The van der Waals surface area contributed by atoms with Crippen molar-refractivity contribution in [3.05, 3.63) is 60.2 Å². The Hall–Kier alpha value is -2.34. The first-order valence-corrected chi connectivity index (χ1v) is 9.06. The predicted molar refractivity (Wildman–Crippen MR) is 93.0 cm³/mol. The molecule has 5 nitrogen and oxygen atoms in total. The molecule has 0 aliphatic heterocycles. The fourth-order valence-corrected chi connectivity index (χ4v) is 3.44. The Labute approximate surface area is 137 Å². The van der Waals surface area contributed by atoms with Gasteiger partial charge in [-0.1, -0.05) is 35.9 Å². The highest BCUT2D eigenvalue weighted by Crippen LogP contribution is 2.21. The number of carbonyl (C=O) groups excluding carboxylic acids is 1. The number of rotatable bonds is 5. The molecule has 0 aromatic heterocycles. The second-order valence-electron chi connectivity index (χ2n) is 5.43. The SMILES string of the molecule is Cc1ccc(NC(=O)C(C)N(c2ccccc2)S(C)(=O)=O)cc1. The van der Waals surface area contributed by atoms with Gasteiger partial charge in [0.15, 0.2) is 0 Å².